The Balaban J connectivity index is 1.26. The van der Waals surface area contributed by atoms with E-state index in [1.54, 1.807) is 0 Å². The van der Waals surface area contributed by atoms with Gasteiger partial charge in [-0.25, -0.2) is 0 Å². The maximum absolute atomic E-state index is 14.0. The molecule has 2 aliphatic heterocycles. The first-order chi connectivity index (χ1) is 22.4. The summed E-state index contributed by atoms with van der Waals surface area (Å²) in [5, 5.41) is 6.47. The van der Waals surface area contributed by atoms with Gasteiger partial charge in [-0.1, -0.05) is 84.9 Å². The van der Waals surface area contributed by atoms with Gasteiger partial charge < -0.3 is 0 Å². The summed E-state index contributed by atoms with van der Waals surface area (Å²) < 4.78 is 0. The van der Waals surface area contributed by atoms with Crippen molar-refractivity contribution < 1.29 is 19.2 Å². The number of imide groups is 2. The predicted molar refractivity (Wildman–Crippen MR) is 178 cm³/mol. The largest absolute Gasteiger partial charge is 0.269 e. The number of carbonyl (C=O) groups is 4. The average Bonchev–Trinajstić information content (AvgIpc) is 3.09. The molecule has 0 aromatic heterocycles. The van der Waals surface area contributed by atoms with Crippen LogP contribution < -0.4 is 0 Å². The molecule has 0 N–H and O–H groups in total. The number of benzene rings is 7. The van der Waals surface area contributed by atoms with Crippen LogP contribution in [-0.2, 0) is 0 Å². The van der Waals surface area contributed by atoms with Gasteiger partial charge in [0.15, 0.2) is 0 Å². The van der Waals surface area contributed by atoms with Crippen molar-refractivity contribution in [1.82, 2.24) is 9.80 Å². The van der Waals surface area contributed by atoms with E-state index in [0.717, 1.165) is 43.4 Å². The zero-order valence-corrected chi connectivity index (χ0v) is 25.1. The quantitative estimate of drug-likeness (QED) is 0.116. The number of hydrogen-bond acceptors (Lipinski definition) is 4. The number of nitrogens with zero attached hydrogens (tertiary/aromatic N) is 2. The van der Waals surface area contributed by atoms with Crippen molar-refractivity contribution in [3.05, 3.63) is 143 Å². The van der Waals surface area contributed by atoms with Gasteiger partial charge in [0.25, 0.3) is 23.6 Å². The molecule has 9 rings (SSSR count). The van der Waals surface area contributed by atoms with Crippen LogP contribution >= 0.6 is 0 Å². The highest BCUT2D eigenvalue weighted by Gasteiger charge is 2.39. The Labute approximate surface area is 263 Å². The highest BCUT2D eigenvalue weighted by Crippen LogP contribution is 2.47. The zero-order valence-electron chi connectivity index (χ0n) is 25.1. The van der Waals surface area contributed by atoms with E-state index in [0.29, 0.717) is 33.0 Å². The molecule has 6 heteroatoms. The Morgan fingerprint density at radius 3 is 0.935 bits per heavy atom. The molecular formula is C40H26N2O4. The third-order valence-corrected chi connectivity index (χ3v) is 10.0. The van der Waals surface area contributed by atoms with Crippen LogP contribution in [0.25, 0.3) is 43.1 Å². The highest BCUT2D eigenvalue weighted by molar-refractivity contribution is 6.41. The fourth-order valence-corrected chi connectivity index (χ4v) is 7.77. The van der Waals surface area contributed by atoms with Gasteiger partial charge in [-0.05, 0) is 81.6 Å². The van der Waals surface area contributed by atoms with Gasteiger partial charge in [0.2, 0.25) is 0 Å². The van der Waals surface area contributed by atoms with Crippen LogP contribution in [0.15, 0.2) is 109 Å². The van der Waals surface area contributed by atoms with Crippen molar-refractivity contribution in [2.45, 2.75) is 25.9 Å². The Bertz CT molecular complexity index is 2190. The van der Waals surface area contributed by atoms with E-state index in [2.05, 4.69) is 0 Å². The summed E-state index contributed by atoms with van der Waals surface area (Å²) in [6.45, 7) is 3.75. The summed E-state index contributed by atoms with van der Waals surface area (Å²) in [4.78, 5) is 58.8. The summed E-state index contributed by atoms with van der Waals surface area (Å²) in [5.74, 6) is -1.29. The summed E-state index contributed by atoms with van der Waals surface area (Å²) in [6.07, 6.45) is 0. The molecule has 0 fully saturated rings. The molecule has 2 atom stereocenters. The van der Waals surface area contributed by atoms with E-state index in [-0.39, 0.29) is 23.6 Å². The Kier molecular flexibility index (Phi) is 5.37. The first-order valence-corrected chi connectivity index (χ1v) is 15.4. The van der Waals surface area contributed by atoms with Gasteiger partial charge in [0, 0.05) is 33.0 Å². The van der Waals surface area contributed by atoms with Crippen molar-refractivity contribution >= 4 is 66.7 Å². The lowest BCUT2D eigenvalue weighted by molar-refractivity contribution is 0.0534. The van der Waals surface area contributed by atoms with Crippen LogP contribution in [-0.4, -0.2) is 33.4 Å². The summed E-state index contributed by atoms with van der Waals surface area (Å²) >= 11 is 0. The molecule has 7 aromatic rings. The maximum atomic E-state index is 14.0. The topological polar surface area (TPSA) is 74.8 Å². The van der Waals surface area contributed by atoms with Crippen LogP contribution in [0.3, 0.4) is 0 Å². The van der Waals surface area contributed by atoms with Gasteiger partial charge in [0.05, 0.1) is 12.1 Å². The molecular weight excluding hydrogens is 572 g/mol. The van der Waals surface area contributed by atoms with E-state index in [4.69, 9.17) is 0 Å². The third-order valence-electron chi connectivity index (χ3n) is 10.0. The van der Waals surface area contributed by atoms with Crippen molar-refractivity contribution in [2.24, 2.45) is 0 Å². The zero-order chi connectivity index (χ0) is 31.4. The van der Waals surface area contributed by atoms with Gasteiger partial charge in [-0.2, -0.15) is 0 Å². The normalized spacial score (nSPS) is 16.0. The first kappa shape index (κ1) is 26.5. The van der Waals surface area contributed by atoms with E-state index >= 15 is 0 Å². The van der Waals surface area contributed by atoms with Gasteiger partial charge in [0.1, 0.15) is 0 Å². The Morgan fingerprint density at radius 2 is 0.652 bits per heavy atom. The standard InChI is InChI=1S/C40H26N2O4/c1-21(23-9-5-3-6-10-23)41-37(43)29-17-13-25-27-15-19-31-36-32(40(46)42(39(31)45)22(2)24-11-7-4-8-12-24)20-16-28(34(27)36)26-14-18-30(38(41)44)35(29)33(25)26/h3-22H,1-2H3/t21-,22-/m0/s1. The van der Waals surface area contributed by atoms with Gasteiger partial charge >= 0.3 is 0 Å². The first-order valence-electron chi connectivity index (χ1n) is 15.4. The number of carbonyl (C=O) groups excluding carboxylic acids is 4. The maximum Gasteiger partial charge on any atom is 0.261 e. The molecule has 0 bridgehead atoms. The minimum absolute atomic E-state index is 0.322. The second-order valence-corrected chi connectivity index (χ2v) is 12.3. The second-order valence-electron chi connectivity index (χ2n) is 12.3. The molecule has 0 spiro atoms. The lowest BCUT2D eigenvalue weighted by Gasteiger charge is -2.34. The molecule has 7 aromatic carbocycles. The number of rotatable bonds is 4. The molecule has 0 aliphatic carbocycles. The van der Waals surface area contributed by atoms with Gasteiger partial charge in [-0.3, -0.25) is 29.0 Å². The molecule has 0 saturated carbocycles. The van der Waals surface area contributed by atoms with Crippen molar-refractivity contribution in [2.75, 3.05) is 0 Å². The van der Waals surface area contributed by atoms with E-state index in [1.165, 1.54) is 9.80 Å². The minimum Gasteiger partial charge on any atom is -0.269 e. The molecule has 46 heavy (non-hydrogen) atoms. The predicted octanol–water partition coefficient (Wildman–Crippen LogP) is 8.45. The van der Waals surface area contributed by atoms with Crippen LogP contribution in [0.1, 0.15) is 78.5 Å². The highest BCUT2D eigenvalue weighted by atomic mass is 16.2. The minimum atomic E-state index is -0.437. The molecule has 0 unspecified atom stereocenters. The molecule has 0 saturated heterocycles. The van der Waals surface area contributed by atoms with Gasteiger partial charge in [-0.15, -0.1) is 0 Å². The number of fused-ring (bicyclic) bond motifs is 2. The summed E-state index contributed by atoms with van der Waals surface area (Å²) in [6, 6.07) is 33.2. The lowest BCUT2D eigenvalue weighted by atomic mass is 9.82. The number of amides is 4. The van der Waals surface area contributed by atoms with E-state index in [9.17, 15) is 19.2 Å². The Hall–Kier alpha value is -5.88. The lowest BCUT2D eigenvalue weighted by Crippen LogP contribution is -2.42. The molecule has 0 radical (unpaired) electrons. The fourth-order valence-electron chi connectivity index (χ4n) is 7.77. The second kappa shape index (κ2) is 9.31. The molecule has 6 nitrogen and oxygen atoms in total. The monoisotopic (exact) mass is 598 g/mol. The third kappa shape index (κ3) is 3.30. The summed E-state index contributed by atoms with van der Waals surface area (Å²) in [5.41, 5.74) is 3.72. The van der Waals surface area contributed by atoms with Crippen LogP contribution in [0.4, 0.5) is 0 Å². The average molecular weight is 599 g/mol. The van der Waals surface area contributed by atoms with E-state index < -0.39 is 12.1 Å². The fraction of sp³-hybridized carbons (Fsp3) is 0.100. The van der Waals surface area contributed by atoms with Crippen LogP contribution in [0.5, 0.6) is 0 Å². The Morgan fingerprint density at radius 1 is 0.370 bits per heavy atom. The SMILES string of the molecule is C[C@@H](c1ccccc1)N1C(=O)c2ccc3c4ccc5c6c(ccc(c7ccc(c2c37)C1=O)c64)C(=O)N([C@@H](C)c1ccccc1)C5=O. The molecule has 220 valence electrons. The molecule has 2 heterocycles. The smallest absolute Gasteiger partial charge is 0.261 e. The van der Waals surface area contributed by atoms with E-state index in [1.807, 2.05) is 123 Å². The van der Waals surface area contributed by atoms with Crippen LogP contribution in [0.2, 0.25) is 0 Å². The van der Waals surface area contributed by atoms with Crippen molar-refractivity contribution in [3.8, 4) is 0 Å². The van der Waals surface area contributed by atoms with Crippen LogP contribution in [0, 0.1) is 0 Å². The number of hydrogen-bond donors (Lipinski definition) is 0. The van der Waals surface area contributed by atoms with Crippen molar-refractivity contribution in [3.63, 3.8) is 0 Å². The summed E-state index contributed by atoms with van der Waals surface area (Å²) in [7, 11) is 0. The molecule has 4 amide bonds. The van der Waals surface area contributed by atoms with Crippen molar-refractivity contribution in [1.29, 1.82) is 0 Å². The molecule has 2 aliphatic rings.